The van der Waals surface area contributed by atoms with Gasteiger partial charge < -0.3 is 20.5 Å². The Morgan fingerprint density at radius 2 is 2.16 bits per heavy atom. The number of aromatic nitrogens is 3. The smallest absolute Gasteiger partial charge is 0.217 e. The molecule has 1 saturated heterocycles. The Morgan fingerprint density at radius 1 is 1.32 bits per heavy atom. The molecule has 1 atom stereocenters. The fourth-order valence-corrected chi connectivity index (χ4v) is 3.70. The molecule has 0 saturated carbocycles. The lowest BCUT2D eigenvalue weighted by atomic mass is 9.95. The van der Waals surface area contributed by atoms with Gasteiger partial charge in [0, 0.05) is 39.5 Å². The summed E-state index contributed by atoms with van der Waals surface area (Å²) in [5, 5.41) is 12.0. The molecule has 0 aromatic carbocycles. The fourth-order valence-electron chi connectivity index (χ4n) is 3.70. The quantitative estimate of drug-likeness (QED) is 0.394. The number of rotatable bonds is 4. The Labute approximate surface area is 165 Å². The molecule has 9 heteroatoms. The molecule has 1 amide bonds. The molecule has 0 aliphatic carbocycles. The summed E-state index contributed by atoms with van der Waals surface area (Å²) in [7, 11) is 1.79. The van der Waals surface area contributed by atoms with Gasteiger partial charge in [-0.2, -0.15) is 0 Å². The van der Waals surface area contributed by atoms with Crippen LogP contribution in [0.15, 0.2) is 4.99 Å². The third-order valence-electron chi connectivity index (χ3n) is 4.86. The van der Waals surface area contributed by atoms with Crippen LogP contribution in [0.25, 0.3) is 0 Å². The van der Waals surface area contributed by atoms with Crippen molar-refractivity contribution in [3.8, 4) is 0 Å². The lowest BCUT2D eigenvalue weighted by Gasteiger charge is -2.34. The van der Waals surface area contributed by atoms with Crippen molar-refractivity contribution in [2.24, 2.45) is 16.6 Å². The van der Waals surface area contributed by atoms with Crippen LogP contribution in [0.2, 0.25) is 0 Å². The van der Waals surface area contributed by atoms with Gasteiger partial charge in [0.15, 0.2) is 11.8 Å². The van der Waals surface area contributed by atoms with E-state index < -0.39 is 0 Å². The molecule has 1 aromatic rings. The fraction of sp³-hybridized carbons (Fsp3) is 0.750. The second kappa shape index (κ2) is 9.35. The normalized spacial score (nSPS) is 20.6. The molecule has 0 radical (unpaired) electrons. The monoisotopic (exact) mass is 461 g/mol. The van der Waals surface area contributed by atoms with Crippen LogP contribution >= 0.6 is 24.0 Å². The number of nitrogens with zero attached hydrogens (tertiary/aromatic N) is 5. The molecule has 3 rings (SSSR count). The first-order chi connectivity index (χ1) is 11.7. The topological polar surface area (TPSA) is 101 Å². The van der Waals surface area contributed by atoms with E-state index in [1.54, 1.807) is 7.05 Å². The van der Waals surface area contributed by atoms with E-state index in [1.165, 1.54) is 12.8 Å². The number of amides is 1. The van der Waals surface area contributed by atoms with Gasteiger partial charge >= 0.3 is 0 Å². The number of carbonyl (C=O) groups is 1. The summed E-state index contributed by atoms with van der Waals surface area (Å²) < 4.78 is 2.22. The summed E-state index contributed by atoms with van der Waals surface area (Å²) >= 11 is 0. The predicted octanol–water partition coefficient (Wildman–Crippen LogP) is 0.895. The number of aliphatic imine (C=N–C) groups is 1. The number of primary amides is 1. The van der Waals surface area contributed by atoms with Gasteiger partial charge in [0.05, 0.1) is 6.54 Å². The number of piperidine rings is 1. The minimum absolute atomic E-state index is 0. The van der Waals surface area contributed by atoms with Gasteiger partial charge in [-0.3, -0.25) is 9.79 Å². The van der Waals surface area contributed by atoms with Crippen LogP contribution in [0.3, 0.4) is 0 Å². The number of likely N-dealkylation sites (tertiary alicyclic amines) is 1. The minimum atomic E-state index is -0.222. The minimum Gasteiger partial charge on any atom is -0.370 e. The van der Waals surface area contributed by atoms with E-state index in [1.807, 2.05) is 0 Å². The number of hydrogen-bond donors (Lipinski definition) is 2. The molecule has 25 heavy (non-hydrogen) atoms. The van der Waals surface area contributed by atoms with Crippen molar-refractivity contribution in [1.82, 2.24) is 25.0 Å². The molecular weight excluding hydrogens is 433 g/mol. The first-order valence-corrected chi connectivity index (χ1v) is 8.82. The molecule has 3 heterocycles. The van der Waals surface area contributed by atoms with Crippen molar-refractivity contribution in [2.45, 2.75) is 51.6 Å². The number of guanidine groups is 1. The summed E-state index contributed by atoms with van der Waals surface area (Å²) in [4.78, 5) is 17.8. The standard InChI is InChI=1S/C16H27N7O.HI/c1-18-16(22-7-4-5-12(11-22)9-13(17)24)19-10-15-21-20-14-6-2-3-8-23(14)15;/h12H,2-11H2,1H3,(H2,17,24)(H,18,19);1H. The van der Waals surface area contributed by atoms with Crippen LogP contribution < -0.4 is 11.1 Å². The van der Waals surface area contributed by atoms with Gasteiger partial charge in [0.1, 0.15) is 5.82 Å². The van der Waals surface area contributed by atoms with Crippen LogP contribution in [0.1, 0.15) is 43.8 Å². The zero-order chi connectivity index (χ0) is 16.9. The molecular formula is C16H28IN7O. The first kappa shape index (κ1) is 19.9. The number of hydrogen-bond acceptors (Lipinski definition) is 4. The molecule has 140 valence electrons. The molecule has 2 aliphatic heterocycles. The third kappa shape index (κ3) is 5.05. The van der Waals surface area contributed by atoms with Gasteiger partial charge in [-0.1, -0.05) is 0 Å². The summed E-state index contributed by atoms with van der Waals surface area (Å²) in [5.41, 5.74) is 5.34. The Morgan fingerprint density at radius 3 is 2.92 bits per heavy atom. The number of aryl methyl sites for hydroxylation is 1. The molecule has 1 fully saturated rings. The molecule has 0 bridgehead atoms. The second-order valence-electron chi connectivity index (χ2n) is 6.67. The van der Waals surface area contributed by atoms with Gasteiger partial charge in [-0.05, 0) is 31.6 Å². The highest BCUT2D eigenvalue weighted by atomic mass is 127. The van der Waals surface area contributed by atoms with Crippen LogP contribution in [0.4, 0.5) is 0 Å². The Bertz CT molecular complexity index is 616. The van der Waals surface area contributed by atoms with Crippen LogP contribution in [-0.4, -0.2) is 51.7 Å². The Hall–Kier alpha value is -1.39. The van der Waals surface area contributed by atoms with Crippen molar-refractivity contribution >= 4 is 35.8 Å². The summed E-state index contributed by atoms with van der Waals surface area (Å²) in [5.74, 6) is 3.01. The van der Waals surface area contributed by atoms with Crippen LogP contribution in [-0.2, 0) is 24.3 Å². The summed E-state index contributed by atoms with van der Waals surface area (Å²) in [6.07, 6.45) is 5.96. The van der Waals surface area contributed by atoms with Crippen molar-refractivity contribution in [3.63, 3.8) is 0 Å². The molecule has 0 spiro atoms. The number of halogens is 1. The zero-order valence-corrected chi connectivity index (χ0v) is 17.1. The highest BCUT2D eigenvalue weighted by Crippen LogP contribution is 2.19. The van der Waals surface area contributed by atoms with Gasteiger partial charge in [0.2, 0.25) is 5.91 Å². The average molecular weight is 461 g/mol. The van der Waals surface area contributed by atoms with Gasteiger partial charge in [0.25, 0.3) is 0 Å². The maximum atomic E-state index is 11.2. The van der Waals surface area contributed by atoms with E-state index >= 15 is 0 Å². The highest BCUT2D eigenvalue weighted by Gasteiger charge is 2.24. The van der Waals surface area contributed by atoms with Crippen molar-refractivity contribution < 1.29 is 4.79 Å². The van der Waals surface area contributed by atoms with E-state index in [2.05, 4.69) is 30.0 Å². The number of fused-ring (bicyclic) bond motifs is 1. The molecule has 3 N–H and O–H groups in total. The molecule has 2 aliphatic rings. The molecule has 1 unspecified atom stereocenters. The van der Waals surface area contributed by atoms with Crippen molar-refractivity contribution in [1.29, 1.82) is 0 Å². The average Bonchev–Trinajstić information content (AvgIpc) is 2.99. The summed E-state index contributed by atoms with van der Waals surface area (Å²) in [6.45, 7) is 3.40. The van der Waals surface area contributed by atoms with E-state index in [-0.39, 0.29) is 29.9 Å². The summed E-state index contributed by atoms with van der Waals surface area (Å²) in [6, 6.07) is 0. The second-order valence-corrected chi connectivity index (χ2v) is 6.67. The number of nitrogens with two attached hydrogens (primary N) is 1. The lowest BCUT2D eigenvalue weighted by molar-refractivity contribution is -0.119. The number of carbonyl (C=O) groups excluding carboxylic acids is 1. The van der Waals surface area contributed by atoms with Gasteiger partial charge in [-0.25, -0.2) is 0 Å². The molecule has 1 aromatic heterocycles. The zero-order valence-electron chi connectivity index (χ0n) is 14.8. The highest BCUT2D eigenvalue weighted by molar-refractivity contribution is 14.0. The van der Waals surface area contributed by atoms with Crippen molar-refractivity contribution in [3.05, 3.63) is 11.6 Å². The van der Waals surface area contributed by atoms with E-state index in [0.29, 0.717) is 18.9 Å². The SMILES string of the molecule is CN=C(NCc1nnc2n1CCCC2)N1CCCC(CC(N)=O)C1.I. The predicted molar refractivity (Wildman–Crippen MR) is 107 cm³/mol. The largest absolute Gasteiger partial charge is 0.370 e. The van der Waals surface area contributed by atoms with Crippen LogP contribution in [0.5, 0.6) is 0 Å². The van der Waals surface area contributed by atoms with E-state index in [4.69, 9.17) is 5.73 Å². The van der Waals surface area contributed by atoms with Crippen LogP contribution in [0, 0.1) is 5.92 Å². The van der Waals surface area contributed by atoms with Gasteiger partial charge in [-0.15, -0.1) is 34.2 Å². The van der Waals surface area contributed by atoms with Crippen molar-refractivity contribution in [2.75, 3.05) is 20.1 Å². The lowest BCUT2D eigenvalue weighted by Crippen LogP contribution is -2.47. The first-order valence-electron chi connectivity index (χ1n) is 8.82. The van der Waals surface area contributed by atoms with E-state index in [0.717, 1.165) is 56.5 Å². The maximum absolute atomic E-state index is 11.2. The Balaban J connectivity index is 0.00000225. The maximum Gasteiger partial charge on any atom is 0.217 e. The third-order valence-corrected chi connectivity index (χ3v) is 4.86. The molecule has 8 nitrogen and oxygen atoms in total. The van der Waals surface area contributed by atoms with E-state index in [9.17, 15) is 4.79 Å². The number of nitrogens with one attached hydrogen (secondary N) is 1. The Kier molecular flexibility index (Phi) is 7.45.